The number of hydrogen-bond acceptors (Lipinski definition) is 4. The summed E-state index contributed by atoms with van der Waals surface area (Å²) < 4.78 is 44.9. The highest BCUT2D eigenvalue weighted by atomic mass is 31.2. The molecule has 0 spiro atoms. The molecule has 1 aromatic carbocycles. The fourth-order valence-corrected chi connectivity index (χ4v) is 3.98. The van der Waals surface area contributed by atoms with Crippen LogP contribution in [0.5, 0.6) is 0 Å². The number of alkyl halides is 3. The Hall–Kier alpha value is -2.20. The summed E-state index contributed by atoms with van der Waals surface area (Å²) in [5.74, 6) is -5.52. The van der Waals surface area contributed by atoms with Crippen LogP contribution in [0, 0.1) is 5.92 Å². The summed E-state index contributed by atoms with van der Waals surface area (Å²) in [5.41, 5.74) is 1.03. The predicted molar refractivity (Wildman–Crippen MR) is 150 cm³/mol. The Labute approximate surface area is 235 Å². The molecular weight excluding hydrogens is 552 g/mol. The van der Waals surface area contributed by atoms with Gasteiger partial charge in [0.1, 0.15) is 0 Å². The minimum Gasteiger partial charge on any atom is -0.481 e. The highest BCUT2D eigenvalue weighted by Gasteiger charge is 2.44. The van der Waals surface area contributed by atoms with Crippen molar-refractivity contribution in [3.05, 3.63) is 42.0 Å². The molecule has 8 nitrogen and oxygen atoms in total. The standard InChI is InChI=1S/C14H31O3P.C10H10O2.C4H5F3O3/c1-2-3-4-5-6-7-8-9-10-11-12-13-14-18(15,16)17;11-10(12)8-4-7-9-5-2-1-3-6-9;5-4(6,7)2(1-8)3(9)10/h2-14H2,1H3,(H2,15,16,17);1-7H,8H2,(H,11,12);2,8H,1H2,(H,9,10)/b;7-4+;. The molecule has 0 saturated carbocycles. The number of hydrogen-bond donors (Lipinski definition) is 5. The zero-order valence-corrected chi connectivity index (χ0v) is 24.2. The molecule has 5 N–H and O–H groups in total. The van der Waals surface area contributed by atoms with Crippen LogP contribution in [0.1, 0.15) is 96.0 Å². The number of aliphatic hydroxyl groups excluding tert-OH is 1. The molecule has 0 amide bonds. The van der Waals surface area contributed by atoms with Crippen molar-refractivity contribution in [1.82, 2.24) is 0 Å². The van der Waals surface area contributed by atoms with Crippen LogP contribution in [0.15, 0.2) is 36.4 Å². The van der Waals surface area contributed by atoms with Gasteiger partial charge in [0, 0.05) is 6.16 Å². The van der Waals surface area contributed by atoms with Gasteiger partial charge in [0.15, 0.2) is 5.92 Å². The van der Waals surface area contributed by atoms with Crippen LogP contribution in [0.4, 0.5) is 13.2 Å². The lowest BCUT2D eigenvalue weighted by atomic mass is 10.1. The van der Waals surface area contributed by atoms with Crippen LogP contribution in [0.2, 0.25) is 0 Å². The zero-order chi connectivity index (χ0) is 30.9. The van der Waals surface area contributed by atoms with Gasteiger partial charge in [-0.2, -0.15) is 13.2 Å². The summed E-state index contributed by atoms with van der Waals surface area (Å²) in [6.07, 6.45) is 13.5. The van der Waals surface area contributed by atoms with E-state index in [-0.39, 0.29) is 12.6 Å². The van der Waals surface area contributed by atoms with Gasteiger partial charge in [0.25, 0.3) is 0 Å². The maximum atomic E-state index is 11.4. The van der Waals surface area contributed by atoms with Crippen LogP contribution >= 0.6 is 7.60 Å². The minimum absolute atomic E-state index is 0.0599. The molecule has 1 rings (SSSR count). The lowest BCUT2D eigenvalue weighted by Crippen LogP contribution is -2.33. The van der Waals surface area contributed by atoms with Crippen LogP contribution in [-0.4, -0.2) is 56.0 Å². The Bertz CT molecular complexity index is 842. The molecule has 0 saturated heterocycles. The van der Waals surface area contributed by atoms with E-state index in [4.69, 9.17) is 25.1 Å². The van der Waals surface area contributed by atoms with Crippen LogP contribution < -0.4 is 0 Å². The molecule has 1 aromatic rings. The van der Waals surface area contributed by atoms with Crippen molar-refractivity contribution in [3.8, 4) is 0 Å². The second kappa shape index (κ2) is 24.6. The first-order valence-electron chi connectivity index (χ1n) is 13.6. The molecule has 1 unspecified atom stereocenters. The van der Waals surface area contributed by atoms with Gasteiger partial charge in [-0.05, 0) is 12.0 Å². The molecule has 0 fully saturated rings. The number of unbranched alkanes of at least 4 members (excludes halogenated alkanes) is 11. The number of carbonyl (C=O) groups is 2. The molecule has 1 atom stereocenters. The number of aliphatic carboxylic acids is 2. The summed E-state index contributed by atoms with van der Waals surface area (Å²) >= 11 is 0. The molecule has 0 aliphatic heterocycles. The maximum Gasteiger partial charge on any atom is 0.404 e. The van der Waals surface area contributed by atoms with E-state index in [2.05, 4.69) is 6.92 Å². The number of aliphatic hydroxyl groups is 1. The predicted octanol–water partition coefficient (Wildman–Crippen LogP) is 7.28. The summed E-state index contributed by atoms with van der Waals surface area (Å²) in [5, 5.41) is 24.1. The summed E-state index contributed by atoms with van der Waals surface area (Å²) in [6.45, 7) is 0.825. The summed E-state index contributed by atoms with van der Waals surface area (Å²) in [7, 11) is -3.75. The molecule has 0 heterocycles. The smallest absolute Gasteiger partial charge is 0.404 e. The Morgan fingerprint density at radius 1 is 0.850 bits per heavy atom. The average molecular weight is 599 g/mol. The highest BCUT2D eigenvalue weighted by molar-refractivity contribution is 7.51. The number of benzene rings is 1. The van der Waals surface area contributed by atoms with E-state index in [0.29, 0.717) is 6.42 Å². The van der Waals surface area contributed by atoms with Gasteiger partial charge in [0.2, 0.25) is 0 Å². The van der Waals surface area contributed by atoms with Crippen LogP contribution in [0.25, 0.3) is 6.08 Å². The van der Waals surface area contributed by atoms with E-state index in [9.17, 15) is 27.3 Å². The Morgan fingerprint density at radius 3 is 1.62 bits per heavy atom. The largest absolute Gasteiger partial charge is 0.481 e. The van der Waals surface area contributed by atoms with Crippen molar-refractivity contribution in [3.63, 3.8) is 0 Å². The van der Waals surface area contributed by atoms with Gasteiger partial charge < -0.3 is 25.1 Å². The fourth-order valence-electron chi connectivity index (χ4n) is 3.34. The van der Waals surface area contributed by atoms with Crippen molar-refractivity contribution in [2.24, 2.45) is 5.92 Å². The molecule has 0 bridgehead atoms. The second-order valence-electron chi connectivity index (χ2n) is 9.30. The monoisotopic (exact) mass is 598 g/mol. The summed E-state index contributed by atoms with van der Waals surface area (Å²) in [4.78, 5) is 37.2. The van der Waals surface area contributed by atoms with Crippen molar-refractivity contribution < 1.29 is 52.4 Å². The number of carboxylic acids is 2. The third-order valence-electron chi connectivity index (χ3n) is 5.58. The Morgan fingerprint density at radius 2 is 1.30 bits per heavy atom. The van der Waals surface area contributed by atoms with Crippen molar-refractivity contribution in [2.45, 2.75) is 96.6 Å². The first-order chi connectivity index (χ1) is 18.7. The van der Waals surface area contributed by atoms with Gasteiger partial charge in [0.05, 0.1) is 13.0 Å². The molecule has 232 valence electrons. The zero-order valence-electron chi connectivity index (χ0n) is 23.3. The Kier molecular flexibility index (Phi) is 24.5. The third kappa shape index (κ3) is 28.8. The van der Waals surface area contributed by atoms with E-state index in [1.54, 1.807) is 12.2 Å². The molecule has 0 aliphatic carbocycles. The number of carboxylic acid groups (broad SMARTS) is 2. The SMILES string of the molecule is CCCCCCCCCCCCCCP(=O)(O)O.O=C(O)C(CO)C(F)(F)F.O=C(O)C/C=C/c1ccccc1. The van der Waals surface area contributed by atoms with Gasteiger partial charge in [-0.15, -0.1) is 0 Å². The average Bonchev–Trinajstić information content (AvgIpc) is 2.84. The maximum absolute atomic E-state index is 11.4. The molecule has 0 aliphatic rings. The van der Waals surface area contributed by atoms with E-state index < -0.39 is 38.2 Å². The molecular formula is C28H46F3O8P. The van der Waals surface area contributed by atoms with Gasteiger partial charge in [-0.1, -0.05) is 120 Å². The first kappa shape index (κ1) is 39.9. The summed E-state index contributed by atoms with van der Waals surface area (Å²) in [6, 6.07) is 9.62. The van der Waals surface area contributed by atoms with E-state index in [0.717, 1.165) is 18.4 Å². The van der Waals surface area contributed by atoms with Gasteiger partial charge in [-0.25, -0.2) is 0 Å². The first-order valence-corrected chi connectivity index (χ1v) is 15.4. The van der Waals surface area contributed by atoms with E-state index in [1.165, 1.54) is 57.8 Å². The lowest BCUT2D eigenvalue weighted by molar-refractivity contribution is -0.199. The molecule has 12 heteroatoms. The Balaban J connectivity index is 0. The van der Waals surface area contributed by atoms with Gasteiger partial charge >= 0.3 is 25.7 Å². The van der Waals surface area contributed by atoms with E-state index in [1.807, 2.05) is 30.3 Å². The normalized spacial score (nSPS) is 12.2. The fraction of sp³-hybridized carbons (Fsp3) is 0.643. The van der Waals surface area contributed by atoms with Crippen molar-refractivity contribution >= 4 is 25.6 Å². The van der Waals surface area contributed by atoms with Crippen LogP contribution in [0.3, 0.4) is 0 Å². The third-order valence-corrected chi connectivity index (χ3v) is 6.48. The molecule has 40 heavy (non-hydrogen) atoms. The minimum atomic E-state index is -4.86. The second-order valence-corrected chi connectivity index (χ2v) is 11.1. The van der Waals surface area contributed by atoms with Crippen molar-refractivity contribution in [1.29, 1.82) is 0 Å². The molecule has 0 aromatic heterocycles. The number of rotatable bonds is 18. The van der Waals surface area contributed by atoms with Crippen molar-refractivity contribution in [2.75, 3.05) is 12.8 Å². The molecule has 0 radical (unpaired) electrons. The van der Waals surface area contributed by atoms with E-state index >= 15 is 0 Å². The highest BCUT2D eigenvalue weighted by Crippen LogP contribution is 2.35. The topological polar surface area (TPSA) is 152 Å². The van der Waals surface area contributed by atoms with Crippen LogP contribution in [-0.2, 0) is 14.2 Å². The quantitative estimate of drug-likeness (QED) is 0.0873. The lowest BCUT2D eigenvalue weighted by Gasteiger charge is -2.11. The van der Waals surface area contributed by atoms with Gasteiger partial charge in [-0.3, -0.25) is 14.2 Å². The number of halogens is 3.